The second-order valence-corrected chi connectivity index (χ2v) is 5.59. The number of aliphatic hydroxyl groups excluding tert-OH is 1. The van der Waals surface area contributed by atoms with Crippen LogP contribution in [0.3, 0.4) is 0 Å². The summed E-state index contributed by atoms with van der Waals surface area (Å²) in [4.78, 5) is 16.2. The lowest BCUT2D eigenvalue weighted by Gasteiger charge is -2.10. The molecule has 1 aliphatic heterocycles. The van der Waals surface area contributed by atoms with Crippen LogP contribution in [0.1, 0.15) is 12.2 Å². The number of β-amino-alcohol motifs (C(OH)–C–C–N with tert-alkyl or cyclic N) is 1. The van der Waals surface area contributed by atoms with E-state index < -0.39 is 6.10 Å². The zero-order valence-corrected chi connectivity index (χ0v) is 12.3. The van der Waals surface area contributed by atoms with Crippen LogP contribution in [0, 0.1) is 5.82 Å². The van der Waals surface area contributed by atoms with Gasteiger partial charge < -0.3 is 20.3 Å². The number of halogens is 1. The number of fused-ring (bicyclic) bond motifs is 1. The van der Waals surface area contributed by atoms with E-state index in [2.05, 4.69) is 15.6 Å². The summed E-state index contributed by atoms with van der Waals surface area (Å²) in [5.74, 6) is 0.258. The fourth-order valence-corrected chi connectivity index (χ4v) is 2.79. The molecule has 1 fully saturated rings. The lowest BCUT2D eigenvalue weighted by molar-refractivity contribution is -0.122. The minimum Gasteiger partial charge on any atom is -0.392 e. The second-order valence-electron chi connectivity index (χ2n) is 5.59. The molecular weight excluding hydrogens is 287 g/mol. The van der Waals surface area contributed by atoms with E-state index in [9.17, 15) is 14.3 Å². The van der Waals surface area contributed by atoms with Crippen LogP contribution in [0.4, 0.5) is 4.39 Å². The molecule has 1 saturated heterocycles. The molecule has 0 aliphatic carbocycles. The van der Waals surface area contributed by atoms with Gasteiger partial charge in [-0.25, -0.2) is 9.37 Å². The number of nitrogens with zero attached hydrogens (tertiary/aromatic N) is 2. The van der Waals surface area contributed by atoms with Gasteiger partial charge in [0.25, 0.3) is 0 Å². The molecule has 2 atom stereocenters. The van der Waals surface area contributed by atoms with Crippen molar-refractivity contribution in [3.8, 4) is 0 Å². The van der Waals surface area contributed by atoms with Gasteiger partial charge in [0.2, 0.25) is 5.91 Å². The Morgan fingerprint density at radius 2 is 2.41 bits per heavy atom. The highest BCUT2D eigenvalue weighted by molar-refractivity contribution is 5.82. The van der Waals surface area contributed by atoms with Crippen LogP contribution in [0.5, 0.6) is 0 Å². The average Bonchev–Trinajstić information content (AvgIpc) is 3.06. The van der Waals surface area contributed by atoms with Crippen molar-refractivity contribution >= 4 is 16.9 Å². The fraction of sp³-hybridized carbons (Fsp3) is 0.467. The number of nitrogens with one attached hydrogen (secondary N) is 2. The Balaban J connectivity index is 1.61. The van der Waals surface area contributed by atoms with E-state index in [-0.39, 0.29) is 17.8 Å². The summed E-state index contributed by atoms with van der Waals surface area (Å²) in [6.45, 7) is 0.869. The zero-order chi connectivity index (χ0) is 15.7. The van der Waals surface area contributed by atoms with Gasteiger partial charge in [-0.3, -0.25) is 4.79 Å². The standard InChI is InChI=1S/C15H19FN4O2/c1-20-12-4-2-3-10(16)14(12)19-13(20)5-6-17-15(22)11-7-9(21)8-18-11/h2-4,9,11,18,21H,5-8H2,1H3,(H,17,22)/t9-,11+/m1/s1. The molecule has 2 aromatic rings. The Hall–Kier alpha value is -1.99. The molecule has 3 rings (SSSR count). The van der Waals surface area contributed by atoms with Gasteiger partial charge in [0, 0.05) is 26.6 Å². The quantitative estimate of drug-likeness (QED) is 0.748. The Labute approximate surface area is 127 Å². The van der Waals surface area contributed by atoms with Gasteiger partial charge in [-0.15, -0.1) is 0 Å². The van der Waals surface area contributed by atoms with Crippen LogP contribution in [0.15, 0.2) is 18.2 Å². The number of aromatic nitrogens is 2. The van der Waals surface area contributed by atoms with Crippen molar-refractivity contribution in [1.82, 2.24) is 20.2 Å². The van der Waals surface area contributed by atoms with Crippen LogP contribution in [0.2, 0.25) is 0 Å². The smallest absolute Gasteiger partial charge is 0.237 e. The van der Waals surface area contributed by atoms with Crippen molar-refractivity contribution in [2.75, 3.05) is 13.1 Å². The molecule has 0 unspecified atom stereocenters. The molecular formula is C15H19FN4O2. The Morgan fingerprint density at radius 3 is 3.09 bits per heavy atom. The average molecular weight is 306 g/mol. The van der Waals surface area contributed by atoms with Gasteiger partial charge in [0.15, 0.2) is 5.82 Å². The van der Waals surface area contributed by atoms with Crippen LogP contribution in [-0.4, -0.2) is 45.8 Å². The first-order valence-electron chi connectivity index (χ1n) is 7.35. The molecule has 22 heavy (non-hydrogen) atoms. The molecule has 1 aromatic carbocycles. The third-order valence-electron chi connectivity index (χ3n) is 4.03. The summed E-state index contributed by atoms with van der Waals surface area (Å²) in [6.07, 6.45) is 0.494. The topological polar surface area (TPSA) is 79.2 Å². The molecule has 1 amide bonds. The van der Waals surface area contributed by atoms with Crippen molar-refractivity contribution in [3.63, 3.8) is 0 Å². The van der Waals surface area contributed by atoms with Crippen molar-refractivity contribution in [2.45, 2.75) is 25.0 Å². The van der Waals surface area contributed by atoms with Gasteiger partial charge in [-0.2, -0.15) is 0 Å². The van der Waals surface area contributed by atoms with E-state index in [1.54, 1.807) is 6.07 Å². The zero-order valence-electron chi connectivity index (χ0n) is 12.3. The number of carbonyl (C=O) groups excluding carboxylic acids is 1. The first kappa shape index (κ1) is 14.9. The van der Waals surface area contributed by atoms with Crippen LogP contribution in [-0.2, 0) is 18.3 Å². The number of rotatable bonds is 4. The molecule has 0 spiro atoms. The minimum absolute atomic E-state index is 0.124. The maximum atomic E-state index is 13.7. The molecule has 6 nitrogen and oxygen atoms in total. The van der Waals surface area contributed by atoms with E-state index in [0.29, 0.717) is 31.4 Å². The third kappa shape index (κ3) is 2.82. The summed E-state index contributed by atoms with van der Waals surface area (Å²) in [5.41, 5.74) is 1.09. The summed E-state index contributed by atoms with van der Waals surface area (Å²) in [6, 6.07) is 4.52. The summed E-state index contributed by atoms with van der Waals surface area (Å²) in [5, 5.41) is 15.2. The lowest BCUT2D eigenvalue weighted by atomic mass is 10.2. The van der Waals surface area contributed by atoms with E-state index in [1.165, 1.54) is 6.07 Å². The second kappa shape index (κ2) is 6.02. The molecule has 0 bridgehead atoms. The molecule has 2 heterocycles. The predicted molar refractivity (Wildman–Crippen MR) is 79.8 cm³/mol. The normalized spacial score (nSPS) is 21.4. The van der Waals surface area contributed by atoms with E-state index in [0.717, 1.165) is 11.3 Å². The molecule has 7 heteroatoms. The summed E-state index contributed by atoms with van der Waals surface area (Å²) in [7, 11) is 1.83. The number of para-hydroxylation sites is 1. The van der Waals surface area contributed by atoms with Crippen molar-refractivity contribution in [2.24, 2.45) is 7.05 Å². The lowest BCUT2D eigenvalue weighted by Crippen LogP contribution is -2.41. The highest BCUT2D eigenvalue weighted by Crippen LogP contribution is 2.18. The van der Waals surface area contributed by atoms with Gasteiger partial charge in [-0.1, -0.05) is 6.07 Å². The predicted octanol–water partition coefficient (Wildman–Crippen LogP) is 0.0939. The SMILES string of the molecule is Cn1c(CCNC(=O)[C@@H]2C[C@@H](O)CN2)nc2c(F)cccc21. The van der Waals surface area contributed by atoms with Gasteiger partial charge >= 0.3 is 0 Å². The largest absolute Gasteiger partial charge is 0.392 e. The number of hydrogen-bond donors (Lipinski definition) is 3. The third-order valence-corrected chi connectivity index (χ3v) is 4.03. The molecule has 3 N–H and O–H groups in total. The van der Waals surface area contributed by atoms with Crippen LogP contribution >= 0.6 is 0 Å². The van der Waals surface area contributed by atoms with Gasteiger partial charge in [-0.05, 0) is 18.6 Å². The van der Waals surface area contributed by atoms with E-state index in [4.69, 9.17) is 0 Å². The molecule has 0 radical (unpaired) electrons. The fourth-order valence-electron chi connectivity index (χ4n) is 2.79. The number of imidazole rings is 1. The number of carbonyl (C=O) groups is 1. The molecule has 0 saturated carbocycles. The van der Waals surface area contributed by atoms with Crippen molar-refractivity contribution in [1.29, 1.82) is 0 Å². The molecule has 1 aliphatic rings. The number of aliphatic hydroxyl groups is 1. The Morgan fingerprint density at radius 1 is 1.59 bits per heavy atom. The summed E-state index contributed by atoms with van der Waals surface area (Å²) < 4.78 is 15.5. The molecule has 1 aromatic heterocycles. The van der Waals surface area contributed by atoms with Gasteiger partial charge in [0.05, 0.1) is 17.7 Å². The highest BCUT2D eigenvalue weighted by atomic mass is 19.1. The van der Waals surface area contributed by atoms with Crippen molar-refractivity contribution < 1.29 is 14.3 Å². The van der Waals surface area contributed by atoms with E-state index in [1.807, 2.05) is 17.7 Å². The Bertz CT molecular complexity index is 700. The number of benzene rings is 1. The first-order valence-corrected chi connectivity index (χ1v) is 7.35. The monoisotopic (exact) mass is 306 g/mol. The Kier molecular flexibility index (Phi) is 4.08. The number of amides is 1. The van der Waals surface area contributed by atoms with Crippen LogP contribution in [0.25, 0.3) is 11.0 Å². The first-order chi connectivity index (χ1) is 10.6. The summed E-state index contributed by atoms with van der Waals surface area (Å²) >= 11 is 0. The minimum atomic E-state index is -0.460. The number of aryl methyl sites for hydroxylation is 1. The number of hydrogen-bond acceptors (Lipinski definition) is 4. The van der Waals surface area contributed by atoms with E-state index >= 15 is 0 Å². The molecule has 118 valence electrons. The van der Waals surface area contributed by atoms with Crippen LogP contribution < -0.4 is 10.6 Å². The maximum absolute atomic E-state index is 13.7. The maximum Gasteiger partial charge on any atom is 0.237 e. The van der Waals surface area contributed by atoms with Crippen molar-refractivity contribution in [3.05, 3.63) is 29.8 Å². The van der Waals surface area contributed by atoms with Gasteiger partial charge in [0.1, 0.15) is 11.3 Å². The highest BCUT2D eigenvalue weighted by Gasteiger charge is 2.27.